The number of anilines is 1. The van der Waals surface area contributed by atoms with Crippen LogP contribution in [0.3, 0.4) is 0 Å². The minimum absolute atomic E-state index is 0.138. The molecule has 2 amide bonds. The van der Waals surface area contributed by atoms with E-state index in [-0.39, 0.29) is 6.61 Å². The third-order valence-corrected chi connectivity index (χ3v) is 2.19. The van der Waals surface area contributed by atoms with Gasteiger partial charge in [-0.25, -0.2) is 9.59 Å². The van der Waals surface area contributed by atoms with Crippen molar-refractivity contribution in [2.45, 2.75) is 6.04 Å². The fourth-order valence-corrected chi connectivity index (χ4v) is 1.33. The number of amides is 2. The quantitative estimate of drug-likeness (QED) is 0.726. The summed E-state index contributed by atoms with van der Waals surface area (Å²) in [5.74, 6) is -1.19. The second-order valence-corrected chi connectivity index (χ2v) is 3.64. The summed E-state index contributed by atoms with van der Waals surface area (Å²) in [5, 5.41) is 22.2. The van der Waals surface area contributed by atoms with Gasteiger partial charge in [-0.3, -0.25) is 0 Å². The highest BCUT2D eigenvalue weighted by atomic mass is 16.5. The summed E-state index contributed by atoms with van der Waals surface area (Å²) < 4.78 is 4.69. The molecule has 0 aliphatic carbocycles. The van der Waals surface area contributed by atoms with Crippen LogP contribution < -0.4 is 10.6 Å². The molecule has 0 aliphatic rings. The van der Waals surface area contributed by atoms with E-state index in [1.807, 2.05) is 6.07 Å². The fourth-order valence-electron chi connectivity index (χ4n) is 1.33. The average molecular weight is 263 g/mol. The van der Waals surface area contributed by atoms with Gasteiger partial charge in [-0.1, -0.05) is 6.07 Å². The van der Waals surface area contributed by atoms with Crippen LogP contribution >= 0.6 is 0 Å². The van der Waals surface area contributed by atoms with Gasteiger partial charge in [0.15, 0.2) is 6.04 Å². The topological polar surface area (TPSA) is 111 Å². The van der Waals surface area contributed by atoms with Crippen LogP contribution in [0.15, 0.2) is 24.3 Å². The number of carbonyl (C=O) groups excluding carboxylic acids is 1. The molecule has 0 bridgehead atoms. The number of urea groups is 1. The zero-order valence-corrected chi connectivity index (χ0v) is 10.2. The molecule has 0 saturated carbocycles. The van der Waals surface area contributed by atoms with Gasteiger partial charge in [0.2, 0.25) is 0 Å². The van der Waals surface area contributed by atoms with Crippen LogP contribution in [0.2, 0.25) is 0 Å². The Bertz CT molecular complexity index is 510. The zero-order valence-electron chi connectivity index (χ0n) is 10.2. The molecule has 1 aromatic carbocycles. The molecule has 7 heteroatoms. The van der Waals surface area contributed by atoms with Gasteiger partial charge in [0.25, 0.3) is 0 Å². The minimum Gasteiger partial charge on any atom is -0.480 e. The Morgan fingerprint density at radius 3 is 2.84 bits per heavy atom. The first-order valence-electron chi connectivity index (χ1n) is 5.36. The molecule has 0 aromatic heterocycles. The predicted octanol–water partition coefficient (Wildman–Crippen LogP) is 0.779. The molecule has 0 saturated heterocycles. The average Bonchev–Trinajstić information content (AvgIpc) is 2.38. The molecule has 19 heavy (non-hydrogen) atoms. The molecule has 1 aromatic rings. The molecule has 0 radical (unpaired) electrons. The lowest BCUT2D eigenvalue weighted by molar-refractivity contribution is -0.140. The first-order chi connectivity index (χ1) is 9.06. The van der Waals surface area contributed by atoms with E-state index >= 15 is 0 Å². The van der Waals surface area contributed by atoms with Crippen molar-refractivity contribution in [1.82, 2.24) is 5.32 Å². The van der Waals surface area contributed by atoms with Gasteiger partial charge in [-0.05, 0) is 18.2 Å². The number of methoxy groups -OCH3 is 1. The number of nitrogens with zero attached hydrogens (tertiary/aromatic N) is 1. The van der Waals surface area contributed by atoms with E-state index in [1.54, 1.807) is 18.2 Å². The lowest BCUT2D eigenvalue weighted by Crippen LogP contribution is -2.45. The number of carboxylic acids is 1. The first kappa shape index (κ1) is 14.5. The molecule has 0 heterocycles. The number of nitrogens with one attached hydrogen (secondary N) is 2. The van der Waals surface area contributed by atoms with Crippen LogP contribution in [0.5, 0.6) is 0 Å². The number of hydrogen-bond donors (Lipinski definition) is 3. The van der Waals surface area contributed by atoms with Gasteiger partial charge >= 0.3 is 12.0 Å². The summed E-state index contributed by atoms with van der Waals surface area (Å²) in [6.45, 7) is -0.138. The zero-order chi connectivity index (χ0) is 14.3. The number of hydrogen-bond acceptors (Lipinski definition) is 4. The molecule has 1 rings (SSSR count). The summed E-state index contributed by atoms with van der Waals surface area (Å²) in [7, 11) is 1.34. The number of ether oxygens (including phenoxy) is 1. The molecule has 0 fully saturated rings. The van der Waals surface area contributed by atoms with Crippen LogP contribution in [0.25, 0.3) is 0 Å². The maximum atomic E-state index is 11.6. The molecule has 1 unspecified atom stereocenters. The van der Waals surface area contributed by atoms with E-state index in [0.717, 1.165) is 0 Å². The Hall–Kier alpha value is -2.59. The van der Waals surface area contributed by atoms with Crippen molar-refractivity contribution < 1.29 is 19.4 Å². The van der Waals surface area contributed by atoms with Crippen molar-refractivity contribution >= 4 is 17.7 Å². The van der Waals surface area contributed by atoms with E-state index in [2.05, 4.69) is 15.4 Å². The van der Waals surface area contributed by atoms with Gasteiger partial charge in [-0.2, -0.15) is 5.26 Å². The van der Waals surface area contributed by atoms with Gasteiger partial charge in [0.05, 0.1) is 18.2 Å². The van der Waals surface area contributed by atoms with Crippen LogP contribution in [0.4, 0.5) is 10.5 Å². The van der Waals surface area contributed by atoms with Crippen molar-refractivity contribution in [2.75, 3.05) is 19.0 Å². The fraction of sp³-hybridized carbons (Fsp3) is 0.250. The summed E-state index contributed by atoms with van der Waals surface area (Å²) in [5.41, 5.74) is 0.794. The van der Waals surface area contributed by atoms with E-state index in [0.29, 0.717) is 11.3 Å². The van der Waals surface area contributed by atoms with Crippen LogP contribution in [0.1, 0.15) is 5.56 Å². The SMILES string of the molecule is COCC(NC(=O)Nc1cccc(C#N)c1)C(=O)O. The minimum atomic E-state index is -1.19. The molecule has 7 nitrogen and oxygen atoms in total. The highest BCUT2D eigenvalue weighted by Gasteiger charge is 2.19. The van der Waals surface area contributed by atoms with Crippen molar-refractivity contribution in [2.24, 2.45) is 0 Å². The van der Waals surface area contributed by atoms with Crippen molar-refractivity contribution in [3.8, 4) is 6.07 Å². The summed E-state index contributed by atoms with van der Waals surface area (Å²) in [6.07, 6.45) is 0. The third kappa shape index (κ3) is 4.65. The second-order valence-electron chi connectivity index (χ2n) is 3.64. The Morgan fingerprint density at radius 2 is 2.26 bits per heavy atom. The van der Waals surface area contributed by atoms with E-state index in [4.69, 9.17) is 10.4 Å². The third-order valence-electron chi connectivity index (χ3n) is 2.19. The van der Waals surface area contributed by atoms with Crippen LogP contribution in [0, 0.1) is 11.3 Å². The molecular weight excluding hydrogens is 250 g/mol. The Balaban J connectivity index is 2.63. The Labute approximate surface area is 109 Å². The maximum absolute atomic E-state index is 11.6. The second kappa shape index (κ2) is 6.98. The molecular formula is C12H13N3O4. The standard InChI is InChI=1S/C12H13N3O4/c1-19-7-10(11(16)17)15-12(18)14-9-4-2-3-8(5-9)6-13/h2-5,10H,7H2,1H3,(H,16,17)(H2,14,15,18). The van der Waals surface area contributed by atoms with Crippen molar-refractivity contribution in [3.05, 3.63) is 29.8 Å². The molecule has 1 atom stereocenters. The van der Waals surface area contributed by atoms with Crippen molar-refractivity contribution in [1.29, 1.82) is 5.26 Å². The number of nitriles is 1. The Morgan fingerprint density at radius 1 is 1.53 bits per heavy atom. The first-order valence-corrected chi connectivity index (χ1v) is 5.36. The number of rotatable bonds is 5. The van der Waals surface area contributed by atoms with Gasteiger partial charge < -0.3 is 20.5 Å². The maximum Gasteiger partial charge on any atom is 0.328 e. The predicted molar refractivity (Wildman–Crippen MR) is 66.6 cm³/mol. The monoisotopic (exact) mass is 263 g/mol. The van der Waals surface area contributed by atoms with E-state index in [9.17, 15) is 9.59 Å². The van der Waals surface area contributed by atoms with Crippen LogP contribution in [-0.2, 0) is 9.53 Å². The van der Waals surface area contributed by atoms with Gasteiger partial charge in [0.1, 0.15) is 0 Å². The highest BCUT2D eigenvalue weighted by molar-refractivity contribution is 5.92. The number of carboxylic acid groups (broad SMARTS) is 1. The van der Waals surface area contributed by atoms with Crippen LogP contribution in [-0.4, -0.2) is 36.9 Å². The lowest BCUT2D eigenvalue weighted by Gasteiger charge is -2.14. The van der Waals surface area contributed by atoms with E-state index in [1.165, 1.54) is 13.2 Å². The molecule has 3 N–H and O–H groups in total. The normalized spacial score (nSPS) is 11.2. The number of aliphatic carboxylic acids is 1. The summed E-state index contributed by atoms with van der Waals surface area (Å²) >= 11 is 0. The summed E-state index contributed by atoms with van der Waals surface area (Å²) in [4.78, 5) is 22.4. The number of benzene rings is 1. The molecule has 0 aliphatic heterocycles. The number of carbonyl (C=O) groups is 2. The van der Waals surface area contributed by atoms with Gasteiger partial charge in [-0.15, -0.1) is 0 Å². The highest BCUT2D eigenvalue weighted by Crippen LogP contribution is 2.09. The van der Waals surface area contributed by atoms with Crippen molar-refractivity contribution in [3.63, 3.8) is 0 Å². The Kier molecular flexibility index (Phi) is 5.32. The summed E-state index contributed by atoms with van der Waals surface area (Å²) in [6, 6.07) is 6.39. The molecule has 100 valence electrons. The largest absolute Gasteiger partial charge is 0.480 e. The van der Waals surface area contributed by atoms with Gasteiger partial charge in [0, 0.05) is 12.8 Å². The van der Waals surface area contributed by atoms with E-state index < -0.39 is 18.0 Å². The smallest absolute Gasteiger partial charge is 0.328 e. The molecule has 0 spiro atoms. The lowest BCUT2D eigenvalue weighted by atomic mass is 10.2.